The van der Waals surface area contributed by atoms with Crippen molar-refractivity contribution in [2.75, 3.05) is 20.2 Å². The summed E-state index contributed by atoms with van der Waals surface area (Å²) in [6.07, 6.45) is 2.85. The Morgan fingerprint density at radius 1 is 0.946 bits per heavy atom. The molecule has 0 aliphatic carbocycles. The Kier molecular flexibility index (Phi) is 7.85. The number of carbonyl (C=O) groups is 2. The zero-order valence-electron chi connectivity index (χ0n) is 21.4. The SMILES string of the molecule is COc1ccccc1C1CCN(C(=O)C(Cc2ccccc2)NC(=O)C2Cc3ccccc3CN2)CC1. The van der Waals surface area contributed by atoms with E-state index in [-0.39, 0.29) is 17.9 Å². The van der Waals surface area contributed by atoms with Crippen LogP contribution in [0.15, 0.2) is 78.9 Å². The molecule has 1 saturated heterocycles. The number of rotatable bonds is 7. The summed E-state index contributed by atoms with van der Waals surface area (Å²) >= 11 is 0. The molecule has 6 heteroatoms. The van der Waals surface area contributed by atoms with Crippen LogP contribution in [-0.4, -0.2) is 49.0 Å². The fourth-order valence-corrected chi connectivity index (χ4v) is 5.60. The molecule has 2 unspecified atom stereocenters. The molecule has 2 heterocycles. The summed E-state index contributed by atoms with van der Waals surface area (Å²) in [4.78, 5) is 29.0. The van der Waals surface area contributed by atoms with Crippen LogP contribution in [0, 0.1) is 0 Å². The van der Waals surface area contributed by atoms with E-state index in [0.717, 1.165) is 24.2 Å². The highest BCUT2D eigenvalue weighted by Crippen LogP contribution is 2.34. The van der Waals surface area contributed by atoms with Crippen LogP contribution in [0.3, 0.4) is 0 Å². The maximum Gasteiger partial charge on any atom is 0.245 e. The second-order valence-corrected chi connectivity index (χ2v) is 10.00. The van der Waals surface area contributed by atoms with Crippen molar-refractivity contribution >= 4 is 11.8 Å². The van der Waals surface area contributed by atoms with Gasteiger partial charge >= 0.3 is 0 Å². The van der Waals surface area contributed by atoms with Crippen molar-refractivity contribution in [3.63, 3.8) is 0 Å². The molecule has 0 spiro atoms. The van der Waals surface area contributed by atoms with Crippen LogP contribution in [-0.2, 0) is 29.0 Å². The first kappa shape index (κ1) is 25.0. The predicted molar refractivity (Wildman–Crippen MR) is 144 cm³/mol. The molecule has 0 bridgehead atoms. The maximum atomic E-state index is 13.8. The van der Waals surface area contributed by atoms with Crippen LogP contribution in [0.4, 0.5) is 0 Å². The summed E-state index contributed by atoms with van der Waals surface area (Å²) in [7, 11) is 1.70. The predicted octanol–water partition coefficient (Wildman–Crippen LogP) is 3.84. The Labute approximate surface area is 219 Å². The Balaban J connectivity index is 1.27. The van der Waals surface area contributed by atoms with Gasteiger partial charge in [-0.25, -0.2) is 0 Å². The van der Waals surface area contributed by atoms with Crippen LogP contribution in [0.5, 0.6) is 5.75 Å². The van der Waals surface area contributed by atoms with Crippen molar-refractivity contribution in [1.29, 1.82) is 0 Å². The standard InChI is InChI=1S/C31H35N3O3/c1-37-29-14-8-7-13-26(29)23-15-17-34(18-16-23)31(36)28(19-22-9-3-2-4-10-22)33-30(35)27-20-24-11-5-6-12-25(24)21-32-27/h2-14,23,27-28,32H,15-21H2,1H3,(H,33,35). The second-order valence-electron chi connectivity index (χ2n) is 10.00. The minimum Gasteiger partial charge on any atom is -0.496 e. The number of benzene rings is 3. The van der Waals surface area contributed by atoms with E-state index < -0.39 is 6.04 Å². The number of para-hydroxylation sites is 1. The van der Waals surface area contributed by atoms with E-state index in [1.165, 1.54) is 16.7 Å². The maximum absolute atomic E-state index is 13.8. The van der Waals surface area contributed by atoms with E-state index in [0.29, 0.717) is 38.4 Å². The first-order chi connectivity index (χ1) is 18.1. The number of piperidine rings is 1. The Morgan fingerprint density at radius 2 is 1.62 bits per heavy atom. The Hall–Kier alpha value is -3.64. The topological polar surface area (TPSA) is 70.7 Å². The third-order valence-corrected chi connectivity index (χ3v) is 7.68. The minimum absolute atomic E-state index is 0.00751. The van der Waals surface area contributed by atoms with Crippen molar-refractivity contribution in [2.45, 2.75) is 50.2 Å². The van der Waals surface area contributed by atoms with Gasteiger partial charge in [0.2, 0.25) is 11.8 Å². The zero-order chi connectivity index (χ0) is 25.6. The van der Waals surface area contributed by atoms with Gasteiger partial charge in [0.05, 0.1) is 13.2 Å². The molecule has 3 aromatic carbocycles. The molecule has 192 valence electrons. The third-order valence-electron chi connectivity index (χ3n) is 7.68. The van der Waals surface area contributed by atoms with Gasteiger partial charge in [-0.2, -0.15) is 0 Å². The highest BCUT2D eigenvalue weighted by molar-refractivity contribution is 5.90. The fraction of sp³-hybridized carbons (Fsp3) is 0.355. The quantitative estimate of drug-likeness (QED) is 0.520. The third kappa shape index (κ3) is 5.86. The summed E-state index contributed by atoms with van der Waals surface area (Å²) < 4.78 is 5.57. The molecule has 37 heavy (non-hydrogen) atoms. The lowest BCUT2D eigenvalue weighted by Crippen LogP contribution is -2.56. The summed E-state index contributed by atoms with van der Waals surface area (Å²) in [6, 6.07) is 25.3. The van der Waals surface area contributed by atoms with Gasteiger partial charge in [-0.1, -0.05) is 72.8 Å². The van der Waals surface area contributed by atoms with E-state index in [1.807, 2.05) is 65.6 Å². The number of hydrogen-bond donors (Lipinski definition) is 2. The smallest absolute Gasteiger partial charge is 0.245 e. The van der Waals surface area contributed by atoms with E-state index >= 15 is 0 Å². The average molecular weight is 498 g/mol. The molecule has 2 amide bonds. The van der Waals surface area contributed by atoms with Gasteiger partial charge in [0, 0.05) is 26.1 Å². The van der Waals surface area contributed by atoms with Gasteiger partial charge in [-0.05, 0) is 53.5 Å². The van der Waals surface area contributed by atoms with Crippen LogP contribution in [0.25, 0.3) is 0 Å². The molecule has 0 radical (unpaired) electrons. The summed E-state index contributed by atoms with van der Waals surface area (Å²) in [5, 5.41) is 6.46. The number of fused-ring (bicyclic) bond motifs is 1. The number of nitrogens with one attached hydrogen (secondary N) is 2. The molecule has 3 aromatic rings. The molecular formula is C31H35N3O3. The molecule has 2 aliphatic rings. The van der Waals surface area contributed by atoms with Gasteiger partial charge in [0.15, 0.2) is 0 Å². The Bertz CT molecular complexity index is 1220. The lowest BCUT2D eigenvalue weighted by molar-refractivity contribution is -0.137. The molecule has 2 aliphatic heterocycles. The summed E-state index contributed by atoms with van der Waals surface area (Å²) in [5.41, 5.74) is 4.65. The van der Waals surface area contributed by atoms with Crippen LogP contribution in [0.2, 0.25) is 0 Å². The molecule has 5 rings (SSSR count). The highest BCUT2D eigenvalue weighted by Gasteiger charge is 2.33. The van der Waals surface area contributed by atoms with Gasteiger partial charge in [-0.15, -0.1) is 0 Å². The van der Waals surface area contributed by atoms with Crippen molar-refractivity contribution in [1.82, 2.24) is 15.5 Å². The van der Waals surface area contributed by atoms with E-state index in [1.54, 1.807) is 7.11 Å². The van der Waals surface area contributed by atoms with Crippen molar-refractivity contribution in [3.8, 4) is 5.75 Å². The van der Waals surface area contributed by atoms with Gasteiger partial charge in [-0.3, -0.25) is 9.59 Å². The van der Waals surface area contributed by atoms with Gasteiger partial charge in [0.1, 0.15) is 11.8 Å². The van der Waals surface area contributed by atoms with Crippen molar-refractivity contribution < 1.29 is 14.3 Å². The summed E-state index contributed by atoms with van der Waals surface area (Å²) in [5.74, 6) is 1.14. The number of likely N-dealkylation sites (tertiary alicyclic amines) is 1. The molecule has 1 fully saturated rings. The number of carbonyl (C=O) groups excluding carboxylic acids is 2. The highest BCUT2D eigenvalue weighted by atomic mass is 16.5. The number of hydrogen-bond acceptors (Lipinski definition) is 4. The van der Waals surface area contributed by atoms with E-state index in [4.69, 9.17) is 4.74 Å². The zero-order valence-corrected chi connectivity index (χ0v) is 21.4. The van der Waals surface area contributed by atoms with E-state index in [2.05, 4.69) is 28.8 Å². The van der Waals surface area contributed by atoms with Crippen molar-refractivity contribution in [3.05, 3.63) is 101 Å². The Morgan fingerprint density at radius 3 is 2.38 bits per heavy atom. The van der Waals surface area contributed by atoms with Gasteiger partial charge < -0.3 is 20.3 Å². The monoisotopic (exact) mass is 497 g/mol. The molecule has 0 aromatic heterocycles. The number of methoxy groups -OCH3 is 1. The van der Waals surface area contributed by atoms with Crippen LogP contribution < -0.4 is 15.4 Å². The number of amides is 2. The van der Waals surface area contributed by atoms with Crippen LogP contribution in [0.1, 0.15) is 41.0 Å². The second kappa shape index (κ2) is 11.6. The molecule has 2 atom stereocenters. The summed E-state index contributed by atoms with van der Waals surface area (Å²) in [6.45, 7) is 1.98. The molecular weight excluding hydrogens is 462 g/mol. The van der Waals surface area contributed by atoms with Crippen molar-refractivity contribution in [2.24, 2.45) is 0 Å². The molecule has 2 N–H and O–H groups in total. The van der Waals surface area contributed by atoms with E-state index in [9.17, 15) is 9.59 Å². The minimum atomic E-state index is -0.600. The molecule has 0 saturated carbocycles. The first-order valence-corrected chi connectivity index (χ1v) is 13.2. The lowest BCUT2D eigenvalue weighted by atomic mass is 9.88. The number of ether oxygens (including phenoxy) is 1. The number of nitrogens with zero attached hydrogens (tertiary/aromatic N) is 1. The first-order valence-electron chi connectivity index (χ1n) is 13.2. The average Bonchev–Trinajstić information content (AvgIpc) is 2.96. The lowest BCUT2D eigenvalue weighted by Gasteiger charge is -2.35. The fourth-order valence-electron chi connectivity index (χ4n) is 5.60. The normalized spacial score (nSPS) is 18.5. The van der Waals surface area contributed by atoms with Crippen LogP contribution >= 0.6 is 0 Å². The van der Waals surface area contributed by atoms with Gasteiger partial charge in [0.25, 0.3) is 0 Å². The molecule has 6 nitrogen and oxygen atoms in total. The largest absolute Gasteiger partial charge is 0.496 e.